The summed E-state index contributed by atoms with van der Waals surface area (Å²) in [5, 5.41) is 17.9. The molecular formula is C39H49N5O5. The molecule has 10 heteroatoms. The fraction of sp³-hybridized carbons (Fsp3) is 0.436. The standard InChI is InChI=1S/C39H49N5O5/c1-5-7-19-42(20-8-6-2)38(47)35-21-28(4)44(41-35)36-18-17-32(40-39(48)49-26-31-16-10-9-13-27(31)3)23-34(36)37(46)43-24-30-15-12-11-14-29(30)22-33(43)25-45/h9-18,21,23,27,31,33,45H,5-8,19-20,22,24-26H2,1-4H3,(H,40,48)/t27?,31?,33-/m0/s1. The Labute approximate surface area is 289 Å². The summed E-state index contributed by atoms with van der Waals surface area (Å²) < 4.78 is 7.19. The molecule has 2 heterocycles. The van der Waals surface area contributed by atoms with Crippen molar-refractivity contribution in [2.45, 2.75) is 72.4 Å². The van der Waals surface area contributed by atoms with Gasteiger partial charge in [0.15, 0.2) is 5.69 Å². The van der Waals surface area contributed by atoms with Crippen LogP contribution >= 0.6 is 0 Å². The maximum Gasteiger partial charge on any atom is 0.411 e. The molecule has 0 saturated carbocycles. The highest BCUT2D eigenvalue weighted by Gasteiger charge is 2.32. The molecule has 3 amide bonds. The maximum absolute atomic E-state index is 14.5. The maximum atomic E-state index is 14.5. The number of aliphatic hydroxyl groups excluding tert-OH is 1. The Morgan fingerprint density at radius 3 is 2.41 bits per heavy atom. The number of aliphatic hydroxyl groups is 1. The summed E-state index contributed by atoms with van der Waals surface area (Å²) in [6, 6.07) is 14.3. The van der Waals surface area contributed by atoms with E-state index in [2.05, 4.69) is 32.2 Å². The van der Waals surface area contributed by atoms with Gasteiger partial charge >= 0.3 is 6.09 Å². The minimum atomic E-state index is -0.621. The van der Waals surface area contributed by atoms with Gasteiger partial charge in [0.05, 0.1) is 23.9 Å². The third-order valence-corrected chi connectivity index (χ3v) is 9.45. The van der Waals surface area contributed by atoms with Crippen LogP contribution in [-0.2, 0) is 17.7 Å². The molecule has 2 aliphatic rings. The molecule has 5 rings (SSSR count). The van der Waals surface area contributed by atoms with E-state index in [1.165, 1.54) is 0 Å². The number of aryl methyl sites for hydroxylation is 1. The lowest BCUT2D eigenvalue weighted by Gasteiger charge is -2.36. The number of hydrogen-bond donors (Lipinski definition) is 2. The monoisotopic (exact) mass is 667 g/mol. The van der Waals surface area contributed by atoms with E-state index in [4.69, 9.17) is 9.84 Å². The van der Waals surface area contributed by atoms with Crippen LogP contribution in [0.3, 0.4) is 0 Å². The average molecular weight is 668 g/mol. The number of carbonyl (C=O) groups excluding carboxylic acids is 3. The number of fused-ring (bicyclic) bond motifs is 1. The molecule has 2 aromatic carbocycles. The number of nitrogens with one attached hydrogen (secondary N) is 1. The normalized spacial score (nSPS) is 18.2. The molecule has 1 aliphatic heterocycles. The fourth-order valence-corrected chi connectivity index (χ4v) is 6.41. The summed E-state index contributed by atoms with van der Waals surface area (Å²) >= 11 is 0. The Balaban J connectivity index is 1.47. The Bertz CT molecular complexity index is 1690. The zero-order valence-electron chi connectivity index (χ0n) is 29.1. The molecule has 260 valence electrons. The van der Waals surface area contributed by atoms with E-state index in [1.807, 2.05) is 54.3 Å². The van der Waals surface area contributed by atoms with E-state index < -0.39 is 12.1 Å². The first kappa shape index (κ1) is 35.6. The number of unbranched alkanes of at least 4 members (excludes halogenated alkanes) is 2. The van der Waals surface area contributed by atoms with Crippen LogP contribution in [0.2, 0.25) is 0 Å². The van der Waals surface area contributed by atoms with Crippen molar-refractivity contribution in [2.24, 2.45) is 11.8 Å². The number of aromatic nitrogens is 2. The van der Waals surface area contributed by atoms with E-state index >= 15 is 0 Å². The van der Waals surface area contributed by atoms with Crippen LogP contribution in [0, 0.1) is 18.8 Å². The number of rotatable bonds is 13. The van der Waals surface area contributed by atoms with Crippen molar-refractivity contribution in [1.29, 1.82) is 0 Å². The highest BCUT2D eigenvalue weighted by atomic mass is 16.5. The second-order valence-electron chi connectivity index (χ2n) is 13.1. The van der Waals surface area contributed by atoms with E-state index in [0.717, 1.165) is 36.8 Å². The lowest BCUT2D eigenvalue weighted by molar-refractivity contribution is 0.0544. The first-order chi connectivity index (χ1) is 23.7. The topological polar surface area (TPSA) is 117 Å². The van der Waals surface area contributed by atoms with Crippen molar-refractivity contribution in [1.82, 2.24) is 19.6 Å². The molecule has 3 atom stereocenters. The van der Waals surface area contributed by atoms with Gasteiger partial charge in [0.1, 0.15) is 6.61 Å². The molecular weight excluding hydrogens is 618 g/mol. The number of nitrogens with zero attached hydrogens (tertiary/aromatic N) is 4. The van der Waals surface area contributed by atoms with Gasteiger partial charge in [-0.25, -0.2) is 9.48 Å². The first-order valence-electron chi connectivity index (χ1n) is 17.5. The fourth-order valence-electron chi connectivity index (χ4n) is 6.41. The van der Waals surface area contributed by atoms with Crippen LogP contribution in [0.1, 0.15) is 84.1 Å². The second-order valence-corrected chi connectivity index (χ2v) is 13.1. The summed E-state index contributed by atoms with van der Waals surface area (Å²) in [5.41, 5.74) is 4.26. The molecule has 3 aromatic rings. The van der Waals surface area contributed by atoms with Crippen molar-refractivity contribution < 1.29 is 24.2 Å². The van der Waals surface area contributed by atoms with Gasteiger partial charge in [-0.1, -0.05) is 82.2 Å². The Morgan fingerprint density at radius 2 is 1.71 bits per heavy atom. The summed E-state index contributed by atoms with van der Waals surface area (Å²) in [4.78, 5) is 44.6. The molecule has 0 saturated heterocycles. The van der Waals surface area contributed by atoms with Crippen LogP contribution in [0.5, 0.6) is 0 Å². The number of amides is 3. The summed E-state index contributed by atoms with van der Waals surface area (Å²) in [6.07, 6.45) is 11.7. The third kappa shape index (κ3) is 8.48. The Hall–Kier alpha value is -4.70. The number of hydrogen-bond acceptors (Lipinski definition) is 6. The van der Waals surface area contributed by atoms with Crippen molar-refractivity contribution >= 4 is 23.6 Å². The van der Waals surface area contributed by atoms with Gasteiger partial charge in [0.25, 0.3) is 11.8 Å². The molecule has 1 aromatic heterocycles. The van der Waals surface area contributed by atoms with E-state index in [-0.39, 0.29) is 42.4 Å². The SMILES string of the molecule is CCCCN(CCCC)C(=O)c1cc(C)n(-c2ccc(NC(=O)OCC3C=CC=CC3C)cc2C(=O)N2Cc3ccccc3C[C@H]2CO)n1. The van der Waals surface area contributed by atoms with Crippen LogP contribution in [0.15, 0.2) is 72.8 Å². The number of ether oxygens (including phenoxy) is 1. The quantitative estimate of drug-likeness (QED) is 0.209. The first-order valence-corrected chi connectivity index (χ1v) is 17.5. The van der Waals surface area contributed by atoms with Crippen molar-refractivity contribution in [3.8, 4) is 5.69 Å². The van der Waals surface area contributed by atoms with Crippen molar-refractivity contribution in [3.05, 3.63) is 101 Å². The number of anilines is 1. The van der Waals surface area contributed by atoms with Crippen molar-refractivity contribution in [3.63, 3.8) is 0 Å². The predicted octanol–water partition coefficient (Wildman–Crippen LogP) is 6.71. The molecule has 1 aliphatic carbocycles. The second kappa shape index (κ2) is 16.6. The minimum absolute atomic E-state index is 0.0761. The molecule has 0 fully saturated rings. The highest BCUT2D eigenvalue weighted by molar-refractivity contribution is 6.00. The van der Waals surface area contributed by atoms with Gasteiger partial charge in [0.2, 0.25) is 0 Å². The Kier molecular flexibility index (Phi) is 12.1. The van der Waals surface area contributed by atoms with E-state index in [1.54, 1.807) is 33.8 Å². The molecule has 2 unspecified atom stereocenters. The van der Waals surface area contributed by atoms with Gasteiger partial charge in [-0.05, 0) is 67.5 Å². The molecule has 0 bridgehead atoms. The van der Waals surface area contributed by atoms with Crippen LogP contribution < -0.4 is 5.32 Å². The molecule has 10 nitrogen and oxygen atoms in total. The number of benzene rings is 2. The average Bonchev–Trinajstić information content (AvgIpc) is 3.51. The highest BCUT2D eigenvalue weighted by Crippen LogP contribution is 2.29. The van der Waals surface area contributed by atoms with Gasteiger partial charge < -0.3 is 19.6 Å². The summed E-state index contributed by atoms with van der Waals surface area (Å²) in [6.45, 7) is 9.80. The van der Waals surface area contributed by atoms with E-state index in [9.17, 15) is 19.5 Å². The largest absolute Gasteiger partial charge is 0.449 e. The lowest BCUT2D eigenvalue weighted by atomic mass is 9.91. The van der Waals surface area contributed by atoms with Gasteiger partial charge in [-0.3, -0.25) is 14.9 Å². The minimum Gasteiger partial charge on any atom is -0.449 e. The summed E-state index contributed by atoms with van der Waals surface area (Å²) in [5.74, 6) is -0.130. The van der Waals surface area contributed by atoms with Gasteiger partial charge in [-0.15, -0.1) is 0 Å². The zero-order valence-corrected chi connectivity index (χ0v) is 29.1. The number of carbonyl (C=O) groups is 3. The summed E-state index contributed by atoms with van der Waals surface area (Å²) in [7, 11) is 0. The molecule has 2 N–H and O–H groups in total. The zero-order chi connectivity index (χ0) is 34.9. The van der Waals surface area contributed by atoms with Crippen LogP contribution in [0.4, 0.5) is 10.5 Å². The van der Waals surface area contributed by atoms with Crippen molar-refractivity contribution in [2.75, 3.05) is 31.6 Å². The van der Waals surface area contributed by atoms with Gasteiger partial charge in [-0.2, -0.15) is 5.10 Å². The lowest BCUT2D eigenvalue weighted by Crippen LogP contribution is -2.46. The number of allylic oxidation sites excluding steroid dienone is 3. The Morgan fingerprint density at radius 1 is 1.00 bits per heavy atom. The van der Waals surface area contributed by atoms with Crippen LogP contribution in [0.25, 0.3) is 5.69 Å². The molecule has 49 heavy (non-hydrogen) atoms. The van der Waals surface area contributed by atoms with Gasteiger partial charge in [0, 0.05) is 36.9 Å². The predicted molar refractivity (Wildman–Crippen MR) is 191 cm³/mol. The third-order valence-electron chi connectivity index (χ3n) is 9.45. The van der Waals surface area contributed by atoms with E-state index in [0.29, 0.717) is 48.8 Å². The smallest absolute Gasteiger partial charge is 0.411 e. The van der Waals surface area contributed by atoms with Crippen LogP contribution in [-0.4, -0.2) is 74.9 Å². The molecule has 0 spiro atoms. The molecule has 0 radical (unpaired) electrons.